The van der Waals surface area contributed by atoms with Crippen LogP contribution in [0.1, 0.15) is 53.4 Å². The van der Waals surface area contributed by atoms with Gasteiger partial charge < -0.3 is 10.6 Å². The van der Waals surface area contributed by atoms with Gasteiger partial charge in [-0.15, -0.1) is 24.0 Å². The second-order valence-corrected chi connectivity index (χ2v) is 10.6. The Balaban J connectivity index is 0.00000484. The molecule has 0 spiro atoms. The lowest BCUT2D eigenvalue weighted by atomic mass is 9.95. The molecule has 1 saturated carbocycles. The predicted octanol–water partition coefficient (Wildman–Crippen LogP) is 3.38. The molecule has 3 atom stereocenters. The Morgan fingerprint density at radius 3 is 2.61 bits per heavy atom. The summed E-state index contributed by atoms with van der Waals surface area (Å²) in [6.45, 7) is 8.98. The molecule has 4 nitrogen and oxygen atoms in total. The van der Waals surface area contributed by atoms with Gasteiger partial charge in [0, 0.05) is 46.2 Å². The largest absolute Gasteiger partial charge is 0.355 e. The van der Waals surface area contributed by atoms with Crippen molar-refractivity contribution >= 4 is 52.5 Å². The van der Waals surface area contributed by atoms with Crippen molar-refractivity contribution in [1.82, 2.24) is 10.6 Å². The third-order valence-corrected chi connectivity index (χ3v) is 7.03. The molecule has 23 heavy (non-hydrogen) atoms. The predicted molar refractivity (Wildman–Crippen MR) is 117 cm³/mol. The van der Waals surface area contributed by atoms with Crippen molar-refractivity contribution in [1.29, 1.82) is 0 Å². The van der Waals surface area contributed by atoms with E-state index in [0.717, 1.165) is 11.2 Å². The average molecular weight is 476 g/mol. The van der Waals surface area contributed by atoms with Gasteiger partial charge in [-0.3, -0.25) is 9.20 Å². The number of nitrogens with zero attached hydrogens (tertiary/aromatic N) is 1. The molecule has 138 valence electrons. The normalized spacial score (nSPS) is 23.8. The Bertz CT molecular complexity index is 384. The first-order valence-corrected chi connectivity index (χ1v) is 10.7. The van der Waals surface area contributed by atoms with Crippen LogP contribution in [0.15, 0.2) is 4.99 Å². The Hall–Kier alpha value is 0.500. The van der Waals surface area contributed by atoms with Crippen LogP contribution in [0.3, 0.4) is 0 Å². The molecule has 0 aliphatic heterocycles. The number of halogens is 1. The molecule has 1 rings (SSSR count). The van der Waals surface area contributed by atoms with Crippen LogP contribution in [0, 0.1) is 0 Å². The standard InChI is InChI=1S/C16H33N3OS2.HI/c1-6-21-14-9-7-8-13(12-14)19-15(17-5)18-10-11-22(20)16(2,3)4;/h13-14H,6-12H2,1-5H3,(H2,17,18,19);1H. The summed E-state index contributed by atoms with van der Waals surface area (Å²) in [4.78, 5) is 4.30. The van der Waals surface area contributed by atoms with Crippen molar-refractivity contribution in [3.63, 3.8) is 0 Å². The van der Waals surface area contributed by atoms with Crippen LogP contribution in [0.4, 0.5) is 0 Å². The second-order valence-electron chi connectivity index (χ2n) is 6.75. The van der Waals surface area contributed by atoms with E-state index in [2.05, 4.69) is 34.3 Å². The quantitative estimate of drug-likeness (QED) is 0.352. The van der Waals surface area contributed by atoms with Gasteiger partial charge in [-0.05, 0) is 45.8 Å². The molecule has 0 aromatic rings. The number of nitrogens with one attached hydrogen (secondary N) is 2. The molecule has 1 aliphatic rings. The molecular formula is C16H34IN3OS2. The van der Waals surface area contributed by atoms with Crippen LogP contribution in [-0.2, 0) is 10.8 Å². The molecule has 0 saturated heterocycles. The van der Waals surface area contributed by atoms with Crippen molar-refractivity contribution in [2.24, 2.45) is 4.99 Å². The van der Waals surface area contributed by atoms with E-state index in [1.165, 1.54) is 31.4 Å². The molecule has 0 radical (unpaired) electrons. The fraction of sp³-hybridized carbons (Fsp3) is 0.938. The number of guanidine groups is 1. The first kappa shape index (κ1) is 23.5. The maximum atomic E-state index is 12.0. The van der Waals surface area contributed by atoms with Gasteiger partial charge >= 0.3 is 0 Å². The third kappa shape index (κ3) is 9.53. The molecule has 0 aromatic heterocycles. The highest BCUT2D eigenvalue weighted by Crippen LogP contribution is 2.28. The first-order chi connectivity index (χ1) is 10.4. The number of hydrogen-bond acceptors (Lipinski definition) is 3. The topological polar surface area (TPSA) is 53.5 Å². The summed E-state index contributed by atoms with van der Waals surface area (Å²) in [5, 5.41) is 7.62. The molecule has 1 fully saturated rings. The summed E-state index contributed by atoms with van der Waals surface area (Å²) in [7, 11) is 0.983. The average Bonchev–Trinajstić information content (AvgIpc) is 2.45. The zero-order valence-electron chi connectivity index (χ0n) is 15.2. The van der Waals surface area contributed by atoms with Gasteiger partial charge in [-0.1, -0.05) is 13.3 Å². The fourth-order valence-electron chi connectivity index (χ4n) is 2.62. The monoisotopic (exact) mass is 475 g/mol. The lowest BCUT2D eigenvalue weighted by molar-refractivity contribution is 0.419. The summed E-state index contributed by atoms with van der Waals surface area (Å²) >= 11 is 2.07. The zero-order chi connectivity index (χ0) is 16.6. The van der Waals surface area contributed by atoms with Crippen LogP contribution < -0.4 is 10.6 Å². The lowest BCUT2D eigenvalue weighted by Gasteiger charge is -2.30. The number of thioether (sulfide) groups is 1. The highest BCUT2D eigenvalue weighted by atomic mass is 127. The van der Waals surface area contributed by atoms with Crippen molar-refractivity contribution < 1.29 is 4.21 Å². The van der Waals surface area contributed by atoms with Gasteiger partial charge in [0.15, 0.2) is 5.96 Å². The van der Waals surface area contributed by atoms with Gasteiger partial charge in [-0.25, -0.2) is 0 Å². The number of hydrogen-bond donors (Lipinski definition) is 2. The van der Waals surface area contributed by atoms with Crippen LogP contribution in [0.5, 0.6) is 0 Å². The maximum absolute atomic E-state index is 12.0. The van der Waals surface area contributed by atoms with Crippen LogP contribution >= 0.6 is 35.7 Å². The summed E-state index contributed by atoms with van der Waals surface area (Å²) in [6, 6.07) is 0.511. The SMILES string of the molecule is CCSC1CCCC(NC(=NC)NCCS(=O)C(C)(C)C)C1.I. The molecular weight excluding hydrogens is 441 g/mol. The van der Waals surface area contributed by atoms with Crippen molar-refractivity contribution in [2.75, 3.05) is 25.1 Å². The van der Waals surface area contributed by atoms with Gasteiger partial charge in [0.05, 0.1) is 0 Å². The highest BCUT2D eigenvalue weighted by molar-refractivity contribution is 14.0. The Morgan fingerprint density at radius 2 is 2.04 bits per heavy atom. The van der Waals surface area contributed by atoms with Gasteiger partial charge in [0.2, 0.25) is 0 Å². The minimum atomic E-state index is -0.819. The van der Waals surface area contributed by atoms with Crippen LogP contribution in [0.25, 0.3) is 0 Å². The number of aliphatic imine (C=N–C) groups is 1. The van der Waals surface area contributed by atoms with E-state index in [9.17, 15) is 4.21 Å². The fourth-order valence-corrected chi connectivity index (χ4v) is 4.69. The highest BCUT2D eigenvalue weighted by Gasteiger charge is 2.23. The zero-order valence-corrected chi connectivity index (χ0v) is 19.1. The lowest BCUT2D eigenvalue weighted by Crippen LogP contribution is -2.46. The van der Waals surface area contributed by atoms with E-state index < -0.39 is 10.8 Å². The van der Waals surface area contributed by atoms with E-state index in [1.807, 2.05) is 20.8 Å². The van der Waals surface area contributed by atoms with E-state index >= 15 is 0 Å². The summed E-state index contributed by atoms with van der Waals surface area (Å²) in [6.07, 6.45) is 5.07. The van der Waals surface area contributed by atoms with Crippen molar-refractivity contribution in [2.45, 2.75) is 69.4 Å². The molecule has 2 N–H and O–H groups in total. The van der Waals surface area contributed by atoms with Crippen molar-refractivity contribution in [3.05, 3.63) is 0 Å². The third-order valence-electron chi connectivity index (χ3n) is 3.86. The molecule has 0 bridgehead atoms. The van der Waals surface area contributed by atoms with E-state index in [-0.39, 0.29) is 28.7 Å². The van der Waals surface area contributed by atoms with Crippen molar-refractivity contribution in [3.8, 4) is 0 Å². The second kappa shape index (κ2) is 12.0. The Morgan fingerprint density at radius 1 is 1.35 bits per heavy atom. The number of rotatable bonds is 6. The molecule has 7 heteroatoms. The maximum Gasteiger partial charge on any atom is 0.191 e. The Labute approximate surface area is 166 Å². The van der Waals surface area contributed by atoms with Crippen LogP contribution in [0.2, 0.25) is 0 Å². The molecule has 0 heterocycles. The summed E-state index contributed by atoms with van der Waals surface area (Å²) in [5.41, 5.74) is 0. The van der Waals surface area contributed by atoms with E-state index in [4.69, 9.17) is 0 Å². The van der Waals surface area contributed by atoms with E-state index in [1.54, 1.807) is 7.05 Å². The first-order valence-electron chi connectivity index (χ1n) is 8.34. The molecule has 0 amide bonds. The molecule has 1 aliphatic carbocycles. The van der Waals surface area contributed by atoms with Gasteiger partial charge in [0.25, 0.3) is 0 Å². The smallest absolute Gasteiger partial charge is 0.191 e. The van der Waals surface area contributed by atoms with Crippen LogP contribution in [-0.4, -0.2) is 51.3 Å². The molecule has 0 aromatic carbocycles. The Kier molecular flexibility index (Phi) is 12.2. The minimum Gasteiger partial charge on any atom is -0.355 e. The molecule has 3 unspecified atom stereocenters. The van der Waals surface area contributed by atoms with Gasteiger partial charge in [0.1, 0.15) is 0 Å². The van der Waals surface area contributed by atoms with E-state index in [0.29, 0.717) is 18.3 Å². The summed E-state index contributed by atoms with van der Waals surface area (Å²) < 4.78 is 11.9. The minimum absolute atomic E-state index is 0. The summed E-state index contributed by atoms with van der Waals surface area (Å²) in [5.74, 6) is 2.70. The van der Waals surface area contributed by atoms with Gasteiger partial charge in [-0.2, -0.15) is 11.8 Å².